The number of para-hydroxylation sites is 2. The number of halogens is 2. The van der Waals surface area contributed by atoms with Crippen molar-refractivity contribution >= 4 is 116 Å². The van der Waals surface area contributed by atoms with Crippen LogP contribution >= 0.6 is 34.5 Å². The van der Waals surface area contributed by atoms with Crippen LogP contribution in [0.5, 0.6) is 0 Å². The molecule has 0 aliphatic rings. The monoisotopic (exact) mass is 750 g/mol. The topological polar surface area (TPSA) is 21.3 Å². The lowest BCUT2D eigenvalue weighted by atomic mass is 10.0. The van der Waals surface area contributed by atoms with E-state index in [2.05, 4.69) is 149 Å². The summed E-state index contributed by atoms with van der Waals surface area (Å²) in [7, 11) is 0. The summed E-state index contributed by atoms with van der Waals surface area (Å²) in [6.45, 7) is 0. The Labute approximate surface area is 324 Å². The third-order valence-corrected chi connectivity index (χ3v) is 12.0. The van der Waals surface area contributed by atoms with Crippen molar-refractivity contribution in [2.24, 2.45) is 0 Å². The van der Waals surface area contributed by atoms with E-state index >= 15 is 0 Å². The Balaban J connectivity index is 1.17. The largest absolute Gasteiger partial charge is 0.456 e. The Morgan fingerprint density at radius 3 is 1.94 bits per heavy atom. The molecule has 3 nitrogen and oxygen atoms in total. The molecule has 0 bridgehead atoms. The molecule has 0 atom stereocenters. The molecule has 0 fully saturated rings. The molecule has 8 aromatic carbocycles. The summed E-state index contributed by atoms with van der Waals surface area (Å²) in [6.07, 6.45) is 0. The van der Waals surface area contributed by atoms with Gasteiger partial charge in [-0.15, -0.1) is 11.3 Å². The van der Waals surface area contributed by atoms with Crippen molar-refractivity contribution in [3.8, 4) is 16.8 Å². The van der Waals surface area contributed by atoms with Crippen molar-refractivity contribution in [3.05, 3.63) is 180 Å². The van der Waals surface area contributed by atoms with Crippen molar-refractivity contribution in [2.45, 2.75) is 0 Å². The number of benzene rings is 8. The SMILES string of the molecule is Clc1cc(Cl)cc(-c2ccc3c(c2)c2ccc(N(c4ccc5oc6ccccc6c5c4)c4ccc5sc6ccccc6c5c4)cc2n3-c2ccccc2)c1. The molecule has 0 aliphatic carbocycles. The van der Waals surface area contributed by atoms with Crippen molar-refractivity contribution in [1.29, 1.82) is 0 Å². The average Bonchev–Trinajstić information content (AvgIpc) is 3.87. The maximum atomic E-state index is 6.46. The zero-order valence-electron chi connectivity index (χ0n) is 28.6. The number of fused-ring (bicyclic) bond motifs is 9. The zero-order valence-corrected chi connectivity index (χ0v) is 31.0. The zero-order chi connectivity index (χ0) is 35.9. The van der Waals surface area contributed by atoms with Gasteiger partial charge in [0.05, 0.1) is 11.0 Å². The fraction of sp³-hybridized carbons (Fsp3) is 0. The molecule has 0 spiro atoms. The predicted molar refractivity (Wildman–Crippen MR) is 231 cm³/mol. The molecule has 256 valence electrons. The van der Waals surface area contributed by atoms with E-state index in [0.29, 0.717) is 10.0 Å². The van der Waals surface area contributed by atoms with Gasteiger partial charge >= 0.3 is 0 Å². The summed E-state index contributed by atoms with van der Waals surface area (Å²) >= 11 is 14.7. The number of aromatic nitrogens is 1. The van der Waals surface area contributed by atoms with Gasteiger partial charge in [-0.05, 0) is 114 Å². The van der Waals surface area contributed by atoms with Crippen LogP contribution in [0.25, 0.3) is 80.7 Å². The maximum absolute atomic E-state index is 6.46. The van der Waals surface area contributed by atoms with E-state index in [1.165, 1.54) is 20.2 Å². The van der Waals surface area contributed by atoms with Crippen LogP contribution in [-0.2, 0) is 0 Å². The summed E-state index contributed by atoms with van der Waals surface area (Å²) in [5, 5.41) is 8.25. The standard InChI is InChI=1S/C48H28Cl2N2OS/c49-31-22-30(23-32(50)25-31)29-14-19-43-40(24-29)37-18-15-36(28-44(37)52(43)33-8-2-1-3-9-33)51(34-16-20-46-41(26-34)38-10-4-6-12-45(38)53-46)35-17-21-48-42(27-35)39-11-5-7-13-47(39)54-48/h1-28H. The lowest BCUT2D eigenvalue weighted by Gasteiger charge is -2.26. The molecule has 3 aromatic heterocycles. The molecule has 0 N–H and O–H groups in total. The number of anilines is 3. The second kappa shape index (κ2) is 12.3. The minimum absolute atomic E-state index is 0.615. The number of thiophene rings is 1. The fourth-order valence-electron chi connectivity index (χ4n) is 8.06. The van der Waals surface area contributed by atoms with Crippen LogP contribution in [0.1, 0.15) is 0 Å². The first kappa shape index (κ1) is 31.5. The molecule has 0 saturated heterocycles. The smallest absolute Gasteiger partial charge is 0.135 e. The normalized spacial score (nSPS) is 11.9. The molecule has 11 rings (SSSR count). The van der Waals surface area contributed by atoms with E-state index < -0.39 is 0 Å². The Bertz CT molecular complexity index is 3130. The van der Waals surface area contributed by atoms with Gasteiger partial charge in [-0.3, -0.25) is 0 Å². The van der Waals surface area contributed by atoms with Crippen LogP contribution < -0.4 is 4.90 Å². The average molecular weight is 752 g/mol. The third-order valence-electron chi connectivity index (χ3n) is 10.5. The van der Waals surface area contributed by atoms with E-state index in [1.54, 1.807) is 6.07 Å². The van der Waals surface area contributed by atoms with Gasteiger partial charge in [-0.1, -0.05) is 89.9 Å². The summed E-state index contributed by atoms with van der Waals surface area (Å²) < 4.78 is 11.2. The first-order chi connectivity index (χ1) is 26.6. The number of furan rings is 1. The lowest BCUT2D eigenvalue weighted by molar-refractivity contribution is 0.669. The number of nitrogens with zero attached hydrogens (tertiary/aromatic N) is 2. The van der Waals surface area contributed by atoms with Gasteiger partial charge in [-0.25, -0.2) is 0 Å². The van der Waals surface area contributed by atoms with Gasteiger partial charge in [-0.2, -0.15) is 0 Å². The summed E-state index contributed by atoms with van der Waals surface area (Å²) in [4.78, 5) is 2.37. The van der Waals surface area contributed by atoms with Crippen LogP contribution in [0.4, 0.5) is 17.1 Å². The molecule has 0 amide bonds. The second-order valence-electron chi connectivity index (χ2n) is 13.7. The van der Waals surface area contributed by atoms with Crippen LogP contribution in [0.2, 0.25) is 10.0 Å². The Morgan fingerprint density at radius 2 is 1.09 bits per heavy atom. The Kier molecular flexibility index (Phi) is 7.15. The minimum Gasteiger partial charge on any atom is -0.456 e. The number of hydrogen-bond acceptors (Lipinski definition) is 3. The molecule has 6 heteroatoms. The van der Waals surface area contributed by atoms with Crippen LogP contribution in [0.15, 0.2) is 174 Å². The van der Waals surface area contributed by atoms with E-state index in [0.717, 1.165) is 77.6 Å². The molecule has 0 radical (unpaired) electrons. The minimum atomic E-state index is 0.615. The van der Waals surface area contributed by atoms with Crippen molar-refractivity contribution in [2.75, 3.05) is 4.90 Å². The van der Waals surface area contributed by atoms with E-state index in [-0.39, 0.29) is 0 Å². The van der Waals surface area contributed by atoms with E-state index in [1.807, 2.05) is 35.6 Å². The van der Waals surface area contributed by atoms with Gasteiger partial charge in [0.15, 0.2) is 0 Å². The highest BCUT2D eigenvalue weighted by molar-refractivity contribution is 7.25. The molecule has 0 saturated carbocycles. The first-order valence-corrected chi connectivity index (χ1v) is 19.4. The molecule has 54 heavy (non-hydrogen) atoms. The molecule has 11 aromatic rings. The van der Waals surface area contributed by atoms with E-state index in [4.69, 9.17) is 27.6 Å². The fourth-order valence-corrected chi connectivity index (χ4v) is 9.67. The Morgan fingerprint density at radius 1 is 0.426 bits per heavy atom. The molecular formula is C48H28Cl2N2OS. The highest BCUT2D eigenvalue weighted by atomic mass is 35.5. The van der Waals surface area contributed by atoms with Gasteiger partial charge in [0.1, 0.15) is 11.2 Å². The van der Waals surface area contributed by atoms with Crippen LogP contribution in [0.3, 0.4) is 0 Å². The highest BCUT2D eigenvalue weighted by Crippen LogP contribution is 2.44. The Hall–Kier alpha value is -6.04. The molecular weight excluding hydrogens is 724 g/mol. The van der Waals surface area contributed by atoms with Gasteiger partial charge in [0.2, 0.25) is 0 Å². The first-order valence-electron chi connectivity index (χ1n) is 17.8. The summed E-state index contributed by atoms with van der Waals surface area (Å²) in [5.41, 5.74) is 10.3. The second-order valence-corrected chi connectivity index (χ2v) is 15.6. The number of rotatable bonds is 5. The summed E-state index contributed by atoms with van der Waals surface area (Å²) in [5.74, 6) is 0. The van der Waals surface area contributed by atoms with Crippen molar-refractivity contribution < 1.29 is 4.42 Å². The van der Waals surface area contributed by atoms with Crippen molar-refractivity contribution in [1.82, 2.24) is 4.57 Å². The number of hydrogen-bond donors (Lipinski definition) is 0. The molecule has 0 unspecified atom stereocenters. The lowest BCUT2D eigenvalue weighted by Crippen LogP contribution is -2.10. The third kappa shape index (κ3) is 5.03. The quantitative estimate of drug-likeness (QED) is 0.175. The van der Waals surface area contributed by atoms with Crippen LogP contribution in [-0.4, -0.2) is 4.57 Å². The van der Waals surface area contributed by atoms with Gasteiger partial charge in [0, 0.05) is 74.5 Å². The van der Waals surface area contributed by atoms with Crippen molar-refractivity contribution in [3.63, 3.8) is 0 Å². The predicted octanol–water partition coefficient (Wildman–Crippen LogP) is 15.5. The maximum Gasteiger partial charge on any atom is 0.135 e. The summed E-state index contributed by atoms with van der Waals surface area (Å²) in [6, 6.07) is 60.0. The molecule has 0 aliphatic heterocycles. The highest BCUT2D eigenvalue weighted by Gasteiger charge is 2.20. The molecule has 3 heterocycles. The van der Waals surface area contributed by atoms with E-state index in [9.17, 15) is 0 Å². The van der Waals surface area contributed by atoms with Crippen LogP contribution in [0, 0.1) is 0 Å². The van der Waals surface area contributed by atoms with Gasteiger partial charge in [0.25, 0.3) is 0 Å². The van der Waals surface area contributed by atoms with Gasteiger partial charge < -0.3 is 13.9 Å².